The number of thioether (sulfide) groups is 1. The van der Waals surface area contributed by atoms with Gasteiger partial charge in [0.2, 0.25) is 21.8 Å². The maximum atomic E-state index is 13.0. The molecule has 3 amide bonds. The summed E-state index contributed by atoms with van der Waals surface area (Å²) in [6.07, 6.45) is 0.0184. The molecule has 34 heavy (non-hydrogen) atoms. The van der Waals surface area contributed by atoms with Crippen LogP contribution < -0.4 is 15.4 Å². The van der Waals surface area contributed by atoms with Gasteiger partial charge in [0.05, 0.1) is 21.4 Å². The zero-order valence-corrected chi connectivity index (χ0v) is 20.7. The van der Waals surface area contributed by atoms with Crippen LogP contribution in [0.15, 0.2) is 87.1 Å². The molecule has 3 aromatic carbocycles. The van der Waals surface area contributed by atoms with Gasteiger partial charge in [-0.25, -0.2) is 18.5 Å². The van der Waals surface area contributed by atoms with Crippen molar-refractivity contribution in [2.75, 3.05) is 10.2 Å². The van der Waals surface area contributed by atoms with Gasteiger partial charge in [-0.05, 0) is 60.7 Å². The van der Waals surface area contributed by atoms with Crippen LogP contribution in [0, 0.1) is 0 Å². The molecule has 1 fully saturated rings. The highest BCUT2D eigenvalue weighted by atomic mass is 79.9. The third kappa shape index (κ3) is 5.22. The molecule has 1 aliphatic heterocycles. The fourth-order valence-electron chi connectivity index (χ4n) is 3.39. The summed E-state index contributed by atoms with van der Waals surface area (Å²) >= 11 is 4.49. The summed E-state index contributed by atoms with van der Waals surface area (Å²) < 4.78 is 23.6. The number of sulfonamides is 1. The van der Waals surface area contributed by atoms with Crippen LogP contribution in [0.1, 0.15) is 16.8 Å². The van der Waals surface area contributed by atoms with Gasteiger partial charge in [-0.1, -0.05) is 28.1 Å². The molecule has 0 aromatic heterocycles. The van der Waals surface area contributed by atoms with Gasteiger partial charge in [-0.3, -0.25) is 14.4 Å². The van der Waals surface area contributed by atoms with Crippen LogP contribution in [-0.2, 0) is 19.6 Å². The SMILES string of the molecule is NS(=O)(=O)c1ccc(NC(=O)c2ccccc2S[C@H]2CC(=O)N(c3ccc(Br)cc3)C2=O)cc1. The van der Waals surface area contributed by atoms with E-state index in [-0.39, 0.29) is 23.1 Å². The second-order valence-electron chi connectivity index (χ2n) is 7.37. The van der Waals surface area contributed by atoms with E-state index in [2.05, 4.69) is 21.2 Å². The maximum Gasteiger partial charge on any atom is 0.256 e. The largest absolute Gasteiger partial charge is 0.322 e. The minimum absolute atomic E-state index is 0.0184. The van der Waals surface area contributed by atoms with E-state index in [0.29, 0.717) is 21.8 Å². The van der Waals surface area contributed by atoms with Crippen LogP contribution in [0.2, 0.25) is 0 Å². The van der Waals surface area contributed by atoms with Crippen LogP contribution >= 0.6 is 27.7 Å². The van der Waals surface area contributed by atoms with E-state index in [0.717, 1.165) is 16.2 Å². The van der Waals surface area contributed by atoms with E-state index < -0.39 is 21.2 Å². The molecule has 1 aliphatic rings. The Morgan fingerprint density at radius 2 is 1.65 bits per heavy atom. The van der Waals surface area contributed by atoms with Crippen LogP contribution in [-0.4, -0.2) is 31.4 Å². The van der Waals surface area contributed by atoms with Gasteiger partial charge in [-0.2, -0.15) is 0 Å². The Balaban J connectivity index is 1.51. The molecule has 0 saturated carbocycles. The van der Waals surface area contributed by atoms with Crippen molar-refractivity contribution < 1.29 is 22.8 Å². The highest BCUT2D eigenvalue weighted by Crippen LogP contribution is 2.36. The highest BCUT2D eigenvalue weighted by molar-refractivity contribution is 9.10. The molecular formula is C23H18BrN3O5S2. The number of carbonyl (C=O) groups is 3. The first-order valence-electron chi connectivity index (χ1n) is 9.96. The lowest BCUT2D eigenvalue weighted by Gasteiger charge is -2.16. The lowest BCUT2D eigenvalue weighted by atomic mass is 10.2. The number of hydrogen-bond acceptors (Lipinski definition) is 6. The topological polar surface area (TPSA) is 127 Å². The maximum absolute atomic E-state index is 13.0. The molecule has 0 radical (unpaired) electrons. The van der Waals surface area contributed by atoms with Crippen molar-refractivity contribution in [1.82, 2.24) is 0 Å². The standard InChI is InChI=1S/C23H18BrN3O5S2/c24-14-5-9-16(10-6-14)27-21(28)13-20(23(27)30)33-19-4-2-1-3-18(19)22(29)26-15-7-11-17(12-8-15)34(25,31)32/h1-12,20H,13H2,(H,26,29)(H2,25,31,32)/t20-/m0/s1. The quantitative estimate of drug-likeness (QED) is 0.442. The third-order valence-electron chi connectivity index (χ3n) is 5.03. The van der Waals surface area contributed by atoms with Crippen molar-refractivity contribution in [2.24, 2.45) is 5.14 Å². The summed E-state index contributed by atoms with van der Waals surface area (Å²) in [7, 11) is -3.84. The Bertz CT molecular complexity index is 1380. The average Bonchev–Trinajstić information content (AvgIpc) is 3.07. The zero-order valence-electron chi connectivity index (χ0n) is 17.5. The van der Waals surface area contributed by atoms with E-state index in [9.17, 15) is 22.8 Å². The Morgan fingerprint density at radius 1 is 1.00 bits per heavy atom. The number of benzene rings is 3. The van der Waals surface area contributed by atoms with Gasteiger partial charge in [0.15, 0.2) is 0 Å². The number of halogens is 1. The minimum Gasteiger partial charge on any atom is -0.322 e. The predicted octanol–water partition coefficient (Wildman–Crippen LogP) is 3.77. The second kappa shape index (κ2) is 9.71. The van der Waals surface area contributed by atoms with E-state index in [1.807, 2.05) is 0 Å². The summed E-state index contributed by atoms with van der Waals surface area (Å²) in [5, 5.41) is 7.14. The van der Waals surface area contributed by atoms with Crippen molar-refractivity contribution in [3.63, 3.8) is 0 Å². The molecule has 1 saturated heterocycles. The Labute approximate surface area is 208 Å². The number of rotatable bonds is 6. The first-order valence-corrected chi connectivity index (χ1v) is 13.2. The van der Waals surface area contributed by atoms with Crippen LogP contribution in [0.3, 0.4) is 0 Å². The number of hydrogen-bond donors (Lipinski definition) is 2. The Morgan fingerprint density at radius 3 is 2.29 bits per heavy atom. The van der Waals surface area contributed by atoms with Crippen molar-refractivity contribution in [3.8, 4) is 0 Å². The van der Waals surface area contributed by atoms with Crippen molar-refractivity contribution in [3.05, 3.63) is 82.8 Å². The van der Waals surface area contributed by atoms with E-state index in [1.165, 1.54) is 29.2 Å². The lowest BCUT2D eigenvalue weighted by Crippen LogP contribution is -2.31. The third-order valence-corrected chi connectivity index (χ3v) is 7.75. The summed E-state index contributed by atoms with van der Waals surface area (Å²) in [6, 6.07) is 19.1. The number of carbonyl (C=O) groups excluding carboxylic acids is 3. The smallest absolute Gasteiger partial charge is 0.256 e. The summed E-state index contributed by atoms with van der Waals surface area (Å²) in [4.78, 5) is 40.1. The first kappa shape index (κ1) is 24.1. The summed E-state index contributed by atoms with van der Waals surface area (Å²) in [5.41, 5.74) is 1.20. The van der Waals surface area contributed by atoms with Crippen LogP contribution in [0.25, 0.3) is 0 Å². The van der Waals surface area contributed by atoms with E-state index >= 15 is 0 Å². The fourth-order valence-corrected chi connectivity index (χ4v) is 5.36. The number of nitrogens with one attached hydrogen (secondary N) is 1. The number of imide groups is 1. The van der Waals surface area contributed by atoms with Crippen LogP contribution in [0.4, 0.5) is 11.4 Å². The molecule has 1 atom stereocenters. The van der Waals surface area contributed by atoms with Gasteiger partial charge < -0.3 is 5.32 Å². The molecule has 0 bridgehead atoms. The number of amides is 3. The van der Waals surface area contributed by atoms with Crippen LogP contribution in [0.5, 0.6) is 0 Å². The average molecular weight is 560 g/mol. The molecule has 3 N–H and O–H groups in total. The molecular weight excluding hydrogens is 542 g/mol. The number of primary sulfonamides is 1. The molecule has 0 unspecified atom stereocenters. The fraction of sp³-hybridized carbons (Fsp3) is 0.0870. The van der Waals surface area contributed by atoms with E-state index in [1.54, 1.807) is 48.5 Å². The molecule has 1 heterocycles. The summed E-state index contributed by atoms with van der Waals surface area (Å²) in [6.45, 7) is 0. The second-order valence-corrected chi connectivity index (χ2v) is 11.1. The molecule has 174 valence electrons. The summed E-state index contributed by atoms with van der Waals surface area (Å²) in [5.74, 6) is -1.08. The van der Waals surface area contributed by atoms with Gasteiger partial charge >= 0.3 is 0 Å². The number of nitrogens with zero attached hydrogens (tertiary/aromatic N) is 1. The monoisotopic (exact) mass is 559 g/mol. The molecule has 4 rings (SSSR count). The Hall–Kier alpha value is -2.99. The van der Waals surface area contributed by atoms with Gasteiger partial charge in [0.1, 0.15) is 0 Å². The molecule has 11 heteroatoms. The van der Waals surface area contributed by atoms with Gasteiger partial charge in [-0.15, -0.1) is 11.8 Å². The molecule has 0 spiro atoms. The van der Waals surface area contributed by atoms with Crippen molar-refractivity contribution >= 4 is 66.8 Å². The number of anilines is 2. The zero-order chi connectivity index (χ0) is 24.5. The first-order chi connectivity index (χ1) is 16.1. The number of nitrogens with two attached hydrogens (primary N) is 1. The lowest BCUT2D eigenvalue weighted by molar-refractivity contribution is -0.121. The normalized spacial score (nSPS) is 16.1. The van der Waals surface area contributed by atoms with Gasteiger partial charge in [0.25, 0.3) is 5.91 Å². The Kier molecular flexibility index (Phi) is 6.89. The van der Waals surface area contributed by atoms with Crippen molar-refractivity contribution in [1.29, 1.82) is 0 Å². The molecule has 8 nitrogen and oxygen atoms in total. The van der Waals surface area contributed by atoms with Crippen molar-refractivity contribution in [2.45, 2.75) is 21.5 Å². The van der Waals surface area contributed by atoms with E-state index in [4.69, 9.17) is 5.14 Å². The highest BCUT2D eigenvalue weighted by Gasteiger charge is 2.40. The molecule has 0 aliphatic carbocycles. The molecule has 3 aromatic rings. The minimum atomic E-state index is -3.84. The van der Waals surface area contributed by atoms with Gasteiger partial charge in [0, 0.05) is 21.5 Å². The predicted molar refractivity (Wildman–Crippen MR) is 133 cm³/mol.